The first-order valence-electron chi connectivity index (χ1n) is 4.48. The Morgan fingerprint density at radius 3 is 2.38 bits per heavy atom. The predicted molar refractivity (Wildman–Crippen MR) is 61.7 cm³/mol. The third-order valence-corrected chi connectivity index (χ3v) is 2.29. The van der Waals surface area contributed by atoms with Crippen LogP contribution in [0.2, 0.25) is 10.0 Å². The van der Waals surface area contributed by atoms with Crippen molar-refractivity contribution >= 4 is 40.8 Å². The van der Waals surface area contributed by atoms with Crippen LogP contribution in [0.5, 0.6) is 0 Å². The van der Waals surface area contributed by atoms with Crippen molar-refractivity contribution < 1.29 is 14.3 Å². The molecule has 1 amide bonds. The Kier molecular flexibility index (Phi) is 4.58. The van der Waals surface area contributed by atoms with Gasteiger partial charge in [0.1, 0.15) is 0 Å². The Bertz CT molecular complexity index is 400. The number of benzene rings is 1. The number of para-hydroxylation sites is 1. The number of amides is 1. The van der Waals surface area contributed by atoms with Gasteiger partial charge in [-0.2, -0.15) is 0 Å². The number of halogens is 2. The SMILES string of the molecule is CCOC(=O)C(=O)Nc1c(Cl)cccc1Cl. The second kappa shape index (κ2) is 5.72. The zero-order valence-corrected chi connectivity index (χ0v) is 9.93. The van der Waals surface area contributed by atoms with Crippen LogP contribution in [0.1, 0.15) is 6.92 Å². The van der Waals surface area contributed by atoms with Crippen LogP contribution >= 0.6 is 23.2 Å². The van der Waals surface area contributed by atoms with Crippen molar-refractivity contribution in [3.05, 3.63) is 28.2 Å². The molecule has 0 aliphatic rings. The lowest BCUT2D eigenvalue weighted by Crippen LogP contribution is -2.25. The molecule has 1 aromatic carbocycles. The van der Waals surface area contributed by atoms with Gasteiger partial charge in [-0.3, -0.25) is 4.79 Å². The highest BCUT2D eigenvalue weighted by molar-refractivity contribution is 6.43. The predicted octanol–water partition coefficient (Wildman–Crippen LogP) is 2.50. The summed E-state index contributed by atoms with van der Waals surface area (Å²) in [6, 6.07) is 4.73. The van der Waals surface area contributed by atoms with E-state index in [9.17, 15) is 9.59 Å². The molecule has 0 bridgehead atoms. The monoisotopic (exact) mass is 261 g/mol. The molecule has 1 N–H and O–H groups in total. The highest BCUT2D eigenvalue weighted by atomic mass is 35.5. The maximum absolute atomic E-state index is 11.3. The fourth-order valence-electron chi connectivity index (χ4n) is 0.978. The van der Waals surface area contributed by atoms with E-state index in [0.29, 0.717) is 0 Å². The van der Waals surface area contributed by atoms with E-state index in [4.69, 9.17) is 23.2 Å². The largest absolute Gasteiger partial charge is 0.459 e. The van der Waals surface area contributed by atoms with Crippen LogP contribution in [0.4, 0.5) is 5.69 Å². The van der Waals surface area contributed by atoms with E-state index in [1.165, 1.54) is 0 Å². The Morgan fingerprint density at radius 1 is 1.31 bits per heavy atom. The molecule has 0 heterocycles. The first-order valence-corrected chi connectivity index (χ1v) is 5.24. The number of carbonyl (C=O) groups is 2. The molecule has 1 aromatic rings. The highest BCUT2D eigenvalue weighted by Crippen LogP contribution is 2.29. The molecule has 16 heavy (non-hydrogen) atoms. The van der Waals surface area contributed by atoms with Crippen molar-refractivity contribution in [1.29, 1.82) is 0 Å². The minimum absolute atomic E-state index is 0.127. The second-order valence-electron chi connectivity index (χ2n) is 2.77. The van der Waals surface area contributed by atoms with Crippen LogP contribution in [0.25, 0.3) is 0 Å². The maximum atomic E-state index is 11.3. The van der Waals surface area contributed by atoms with Gasteiger partial charge in [0, 0.05) is 0 Å². The zero-order valence-electron chi connectivity index (χ0n) is 8.42. The molecular formula is C10H9Cl2NO3. The average Bonchev–Trinajstić information content (AvgIpc) is 2.23. The number of ether oxygens (including phenoxy) is 1. The summed E-state index contributed by atoms with van der Waals surface area (Å²) in [7, 11) is 0. The minimum atomic E-state index is -0.974. The first-order chi connectivity index (χ1) is 7.56. The van der Waals surface area contributed by atoms with E-state index < -0.39 is 11.9 Å². The Labute approximate surface area is 102 Å². The third kappa shape index (κ3) is 3.12. The molecule has 0 unspecified atom stereocenters. The van der Waals surface area contributed by atoms with Crippen molar-refractivity contribution in [2.24, 2.45) is 0 Å². The van der Waals surface area contributed by atoms with Crippen LogP contribution in [0, 0.1) is 0 Å². The summed E-state index contributed by atoms with van der Waals surface area (Å²) >= 11 is 11.6. The Balaban J connectivity index is 2.81. The van der Waals surface area contributed by atoms with E-state index >= 15 is 0 Å². The van der Waals surface area contributed by atoms with Crippen LogP contribution in [0.3, 0.4) is 0 Å². The topological polar surface area (TPSA) is 55.4 Å². The van der Waals surface area contributed by atoms with E-state index in [-0.39, 0.29) is 22.3 Å². The molecule has 86 valence electrons. The molecule has 0 saturated carbocycles. The fourth-order valence-corrected chi connectivity index (χ4v) is 1.47. The summed E-state index contributed by atoms with van der Waals surface area (Å²) in [5.41, 5.74) is 0.198. The molecule has 0 aliphatic heterocycles. The van der Waals surface area contributed by atoms with Gasteiger partial charge in [-0.25, -0.2) is 4.79 Å². The molecule has 0 saturated heterocycles. The molecular weight excluding hydrogens is 253 g/mol. The summed E-state index contributed by atoms with van der Waals surface area (Å²) in [5.74, 6) is -1.88. The average molecular weight is 262 g/mol. The lowest BCUT2D eigenvalue weighted by atomic mass is 10.3. The molecule has 4 nitrogen and oxygen atoms in total. The van der Waals surface area contributed by atoms with Gasteiger partial charge in [-0.15, -0.1) is 0 Å². The normalized spacial score (nSPS) is 9.69. The summed E-state index contributed by atoms with van der Waals surface area (Å²) in [5, 5.41) is 2.80. The van der Waals surface area contributed by atoms with E-state index in [2.05, 4.69) is 10.1 Å². The van der Waals surface area contributed by atoms with Crippen molar-refractivity contribution in [3.8, 4) is 0 Å². The lowest BCUT2D eigenvalue weighted by molar-refractivity contribution is -0.152. The lowest BCUT2D eigenvalue weighted by Gasteiger charge is -2.07. The molecule has 0 atom stereocenters. The van der Waals surface area contributed by atoms with Gasteiger partial charge in [-0.05, 0) is 19.1 Å². The van der Waals surface area contributed by atoms with Crippen LogP contribution < -0.4 is 5.32 Å². The van der Waals surface area contributed by atoms with Gasteiger partial charge in [-0.1, -0.05) is 29.3 Å². The summed E-state index contributed by atoms with van der Waals surface area (Å²) in [6.45, 7) is 1.73. The summed E-state index contributed by atoms with van der Waals surface area (Å²) in [4.78, 5) is 22.4. The zero-order chi connectivity index (χ0) is 12.1. The molecule has 6 heteroatoms. The van der Waals surface area contributed by atoms with Gasteiger partial charge in [0.05, 0.1) is 22.3 Å². The van der Waals surface area contributed by atoms with Crippen LogP contribution in [-0.4, -0.2) is 18.5 Å². The number of esters is 1. The van der Waals surface area contributed by atoms with Crippen molar-refractivity contribution in [1.82, 2.24) is 0 Å². The van der Waals surface area contributed by atoms with E-state index in [0.717, 1.165) is 0 Å². The fraction of sp³-hybridized carbons (Fsp3) is 0.200. The van der Waals surface area contributed by atoms with Gasteiger partial charge >= 0.3 is 11.9 Å². The number of anilines is 1. The Morgan fingerprint density at radius 2 is 1.88 bits per heavy atom. The molecule has 0 radical (unpaired) electrons. The van der Waals surface area contributed by atoms with Gasteiger partial charge in [0.2, 0.25) is 0 Å². The van der Waals surface area contributed by atoms with Crippen molar-refractivity contribution in [2.45, 2.75) is 6.92 Å². The number of rotatable bonds is 2. The first kappa shape index (κ1) is 12.8. The van der Waals surface area contributed by atoms with Gasteiger partial charge < -0.3 is 10.1 Å². The highest BCUT2D eigenvalue weighted by Gasteiger charge is 2.17. The quantitative estimate of drug-likeness (QED) is 0.658. The third-order valence-electron chi connectivity index (χ3n) is 1.66. The molecule has 0 fully saturated rings. The standard InChI is InChI=1S/C10H9Cl2NO3/c1-2-16-10(15)9(14)13-8-6(11)4-3-5-7(8)12/h3-5H,2H2,1H3,(H,13,14). The second-order valence-corrected chi connectivity index (χ2v) is 3.59. The number of hydrogen-bond acceptors (Lipinski definition) is 3. The number of carbonyl (C=O) groups excluding carboxylic acids is 2. The molecule has 1 rings (SSSR count). The van der Waals surface area contributed by atoms with Gasteiger partial charge in [0.15, 0.2) is 0 Å². The summed E-state index contributed by atoms with van der Waals surface area (Å²) < 4.78 is 4.52. The van der Waals surface area contributed by atoms with Crippen molar-refractivity contribution in [2.75, 3.05) is 11.9 Å². The van der Waals surface area contributed by atoms with Crippen molar-refractivity contribution in [3.63, 3.8) is 0 Å². The van der Waals surface area contributed by atoms with E-state index in [1.807, 2.05) is 0 Å². The van der Waals surface area contributed by atoms with Crippen LogP contribution in [0.15, 0.2) is 18.2 Å². The smallest absolute Gasteiger partial charge is 0.397 e. The number of hydrogen-bond donors (Lipinski definition) is 1. The molecule has 0 aromatic heterocycles. The number of nitrogens with one attached hydrogen (secondary N) is 1. The van der Waals surface area contributed by atoms with E-state index in [1.54, 1.807) is 25.1 Å². The summed E-state index contributed by atoms with van der Waals surface area (Å²) in [6.07, 6.45) is 0. The molecule has 0 aliphatic carbocycles. The van der Waals surface area contributed by atoms with Crippen LogP contribution in [-0.2, 0) is 14.3 Å². The maximum Gasteiger partial charge on any atom is 0.397 e. The minimum Gasteiger partial charge on any atom is -0.459 e. The Hall–Kier alpha value is -1.26. The van der Waals surface area contributed by atoms with Gasteiger partial charge in [0.25, 0.3) is 0 Å². The molecule has 0 spiro atoms.